The molecule has 0 amide bonds. The lowest BCUT2D eigenvalue weighted by Crippen LogP contribution is -2.21. The number of hydrogen-bond donors (Lipinski definition) is 0. The molecule has 4 heterocycles. The maximum Gasteiger partial charge on any atom is 0.228 e. The smallest absolute Gasteiger partial charge is 0.228 e. The molecule has 0 saturated carbocycles. The van der Waals surface area contributed by atoms with Gasteiger partial charge in [-0.3, -0.25) is 4.79 Å². The van der Waals surface area contributed by atoms with E-state index in [1.807, 2.05) is 49.3 Å². The third kappa shape index (κ3) is 3.07. The molecule has 1 atom stereocenters. The largest absolute Gasteiger partial charge is 0.468 e. The zero-order chi connectivity index (χ0) is 21.7. The summed E-state index contributed by atoms with van der Waals surface area (Å²) < 4.78 is 13.2. The molecular weight excluding hydrogens is 394 g/mol. The van der Waals surface area contributed by atoms with Gasteiger partial charge in [-0.05, 0) is 50.2 Å². The Kier molecular flexibility index (Phi) is 4.35. The minimum absolute atomic E-state index is 0.0921. The fourth-order valence-electron chi connectivity index (χ4n) is 3.96. The molecule has 1 aliphatic heterocycles. The van der Waals surface area contributed by atoms with Crippen molar-refractivity contribution in [1.29, 1.82) is 0 Å². The Morgan fingerprint density at radius 1 is 1.16 bits per heavy atom. The van der Waals surface area contributed by atoms with Crippen LogP contribution in [0.5, 0.6) is 5.88 Å². The molecule has 8 heteroatoms. The summed E-state index contributed by atoms with van der Waals surface area (Å²) >= 11 is 0. The molecule has 0 bridgehead atoms. The molecule has 0 aliphatic carbocycles. The molecule has 156 valence electrons. The summed E-state index contributed by atoms with van der Waals surface area (Å²) in [6, 6.07) is 11.6. The number of carbonyl (C=O) groups excluding carboxylic acids is 1. The number of anilines is 1. The van der Waals surface area contributed by atoms with E-state index in [0.717, 1.165) is 11.3 Å². The van der Waals surface area contributed by atoms with Crippen molar-refractivity contribution in [2.24, 2.45) is 0 Å². The van der Waals surface area contributed by atoms with Gasteiger partial charge in [0.25, 0.3) is 0 Å². The quantitative estimate of drug-likeness (QED) is 0.501. The summed E-state index contributed by atoms with van der Waals surface area (Å²) in [4.78, 5) is 23.8. The molecule has 4 aromatic rings. The van der Waals surface area contributed by atoms with Gasteiger partial charge in [-0.2, -0.15) is 0 Å². The van der Waals surface area contributed by atoms with Gasteiger partial charge in [0.2, 0.25) is 5.88 Å². The first kappa shape index (κ1) is 19.0. The molecule has 0 radical (unpaired) electrons. The van der Waals surface area contributed by atoms with Gasteiger partial charge >= 0.3 is 0 Å². The fourth-order valence-corrected chi connectivity index (χ4v) is 3.96. The van der Waals surface area contributed by atoms with Crippen LogP contribution in [0.15, 0.2) is 64.7 Å². The predicted octanol–water partition coefficient (Wildman–Crippen LogP) is 3.84. The van der Waals surface area contributed by atoms with E-state index in [-0.39, 0.29) is 5.78 Å². The summed E-state index contributed by atoms with van der Waals surface area (Å²) in [6.45, 7) is 3.29. The molecule has 1 aromatic carbocycles. The van der Waals surface area contributed by atoms with Crippen molar-refractivity contribution in [1.82, 2.24) is 19.6 Å². The average Bonchev–Trinajstić information content (AvgIpc) is 3.42. The third-order valence-electron chi connectivity index (χ3n) is 5.44. The van der Waals surface area contributed by atoms with Crippen molar-refractivity contribution in [3.8, 4) is 17.3 Å². The van der Waals surface area contributed by atoms with E-state index in [2.05, 4.69) is 10.1 Å². The van der Waals surface area contributed by atoms with Crippen molar-refractivity contribution in [3.05, 3.63) is 71.6 Å². The number of aromatic nitrogens is 4. The van der Waals surface area contributed by atoms with Gasteiger partial charge < -0.3 is 14.1 Å². The lowest BCUT2D eigenvalue weighted by molar-refractivity contribution is -0.114. The van der Waals surface area contributed by atoms with Crippen LogP contribution in [0.2, 0.25) is 0 Å². The molecule has 8 nitrogen and oxygen atoms in total. The van der Waals surface area contributed by atoms with E-state index >= 15 is 0 Å². The first-order valence-electron chi connectivity index (χ1n) is 9.90. The lowest BCUT2D eigenvalue weighted by Gasteiger charge is -2.26. The number of carbonyl (C=O) groups is 1. The Bertz CT molecular complexity index is 1320. The maximum atomic E-state index is 12.5. The number of Topliss-reactive ketones (excluding diaryl/α,β-unsaturated/α-hetero) is 1. The van der Waals surface area contributed by atoms with Gasteiger partial charge in [-0.15, -0.1) is 5.10 Å². The summed E-state index contributed by atoms with van der Waals surface area (Å²) in [5.41, 5.74) is 3.73. The van der Waals surface area contributed by atoms with Gasteiger partial charge in [-0.1, -0.05) is 0 Å². The average molecular weight is 415 g/mol. The highest BCUT2D eigenvalue weighted by Crippen LogP contribution is 2.44. The van der Waals surface area contributed by atoms with Crippen LogP contribution in [-0.2, 0) is 4.79 Å². The number of nitrogens with zero attached hydrogens (tertiary/aromatic N) is 5. The maximum absolute atomic E-state index is 12.5. The Labute approximate surface area is 178 Å². The number of ether oxygens (including phenoxy) is 1. The van der Waals surface area contributed by atoms with Crippen LogP contribution < -0.4 is 9.64 Å². The molecule has 0 N–H and O–H groups in total. The number of allylic oxidation sites excluding steroid dienone is 2. The van der Waals surface area contributed by atoms with E-state index in [1.54, 1.807) is 30.1 Å². The molecule has 0 unspecified atom stereocenters. The molecule has 3 aromatic heterocycles. The highest BCUT2D eigenvalue weighted by atomic mass is 16.5. The van der Waals surface area contributed by atoms with E-state index < -0.39 is 5.92 Å². The van der Waals surface area contributed by atoms with E-state index in [9.17, 15) is 4.79 Å². The second kappa shape index (κ2) is 7.09. The number of ketones is 1. The van der Waals surface area contributed by atoms with E-state index in [1.165, 1.54) is 6.92 Å². The van der Waals surface area contributed by atoms with Gasteiger partial charge in [-0.25, -0.2) is 14.5 Å². The zero-order valence-corrected chi connectivity index (χ0v) is 17.7. The molecular formula is C23H21N5O3. The normalized spacial score (nSPS) is 15.7. The highest BCUT2D eigenvalue weighted by Gasteiger charge is 2.37. The molecule has 5 rings (SSSR count). The van der Waals surface area contributed by atoms with Gasteiger partial charge in [0.15, 0.2) is 17.3 Å². The summed E-state index contributed by atoms with van der Waals surface area (Å²) in [7, 11) is 3.99. The van der Waals surface area contributed by atoms with Crippen LogP contribution in [0.4, 0.5) is 5.69 Å². The minimum Gasteiger partial charge on any atom is -0.468 e. The van der Waals surface area contributed by atoms with E-state index in [0.29, 0.717) is 40.0 Å². The Balaban J connectivity index is 1.70. The first-order valence-corrected chi connectivity index (χ1v) is 9.90. The van der Waals surface area contributed by atoms with Crippen LogP contribution in [0.25, 0.3) is 17.0 Å². The van der Waals surface area contributed by atoms with Crippen LogP contribution in [0.3, 0.4) is 0 Å². The van der Waals surface area contributed by atoms with Crippen molar-refractivity contribution < 1.29 is 13.9 Å². The van der Waals surface area contributed by atoms with Crippen molar-refractivity contribution in [2.45, 2.75) is 19.8 Å². The topological polar surface area (TPSA) is 85.8 Å². The molecule has 0 spiro atoms. The summed E-state index contributed by atoms with van der Waals surface area (Å²) in [5, 5.41) is 4.61. The van der Waals surface area contributed by atoms with Crippen molar-refractivity contribution >= 4 is 17.1 Å². The summed E-state index contributed by atoms with van der Waals surface area (Å²) in [6.07, 6.45) is 3.16. The van der Waals surface area contributed by atoms with Crippen LogP contribution in [0, 0.1) is 0 Å². The number of rotatable bonds is 4. The first-order chi connectivity index (χ1) is 14.9. The van der Waals surface area contributed by atoms with Crippen LogP contribution in [-0.4, -0.2) is 39.5 Å². The Morgan fingerprint density at radius 3 is 2.58 bits per heavy atom. The zero-order valence-electron chi connectivity index (χ0n) is 17.7. The standard InChI is InChI=1S/C23H21N5O3/c1-13(29)18-14(2)31-23-20(19(18)17-6-5-11-30-17)22-25-21(26-28(22)12-24-23)15-7-9-16(10-8-15)27(3)4/h5-12,19H,1-4H3/t19-/m0/s1. The predicted molar refractivity (Wildman–Crippen MR) is 115 cm³/mol. The highest BCUT2D eigenvalue weighted by molar-refractivity contribution is 5.97. The number of fused-ring (bicyclic) bond motifs is 3. The molecule has 0 fully saturated rings. The number of hydrogen-bond acceptors (Lipinski definition) is 7. The Morgan fingerprint density at radius 2 is 1.94 bits per heavy atom. The SMILES string of the molecule is CC(=O)C1=C(C)Oc2ncn3nc(-c4ccc(N(C)C)cc4)nc3c2[C@H]1c1ccco1. The fraction of sp³-hybridized carbons (Fsp3) is 0.217. The third-order valence-corrected chi connectivity index (χ3v) is 5.44. The van der Waals surface area contributed by atoms with E-state index in [4.69, 9.17) is 14.1 Å². The van der Waals surface area contributed by atoms with Crippen LogP contribution in [0.1, 0.15) is 31.1 Å². The van der Waals surface area contributed by atoms with Gasteiger partial charge in [0.05, 0.1) is 17.7 Å². The lowest BCUT2D eigenvalue weighted by atomic mass is 9.85. The molecule has 1 aliphatic rings. The van der Waals surface area contributed by atoms with Crippen LogP contribution >= 0.6 is 0 Å². The van der Waals surface area contributed by atoms with Gasteiger partial charge in [0, 0.05) is 30.9 Å². The second-order valence-electron chi connectivity index (χ2n) is 7.68. The second-order valence-corrected chi connectivity index (χ2v) is 7.68. The molecule has 31 heavy (non-hydrogen) atoms. The monoisotopic (exact) mass is 415 g/mol. The number of furan rings is 1. The van der Waals surface area contributed by atoms with Crippen molar-refractivity contribution in [2.75, 3.05) is 19.0 Å². The molecule has 0 saturated heterocycles. The Hall–Kier alpha value is -3.94. The summed E-state index contributed by atoms with van der Waals surface area (Å²) in [5.74, 6) is 1.54. The van der Waals surface area contributed by atoms with Gasteiger partial charge in [0.1, 0.15) is 17.8 Å². The number of benzene rings is 1. The van der Waals surface area contributed by atoms with Crippen molar-refractivity contribution in [3.63, 3.8) is 0 Å². The minimum atomic E-state index is -0.472.